The van der Waals surface area contributed by atoms with Crippen LogP contribution in [0.2, 0.25) is 5.02 Å². The lowest BCUT2D eigenvalue weighted by Gasteiger charge is -2.42. The number of nitrogens with zero attached hydrogens (tertiary/aromatic N) is 5. The minimum atomic E-state index is -0.282. The number of piperazine rings is 1. The van der Waals surface area contributed by atoms with E-state index in [0.29, 0.717) is 22.8 Å². The highest BCUT2D eigenvalue weighted by molar-refractivity contribution is 7.64. The lowest BCUT2D eigenvalue weighted by atomic mass is 10.0. The zero-order valence-corrected chi connectivity index (χ0v) is 25.0. The van der Waals surface area contributed by atoms with Crippen LogP contribution in [-0.2, 0) is 0 Å². The number of nitrogens with one attached hydrogen (secondary N) is 2. The van der Waals surface area contributed by atoms with Gasteiger partial charge in [-0.15, -0.1) is 0 Å². The number of aromatic nitrogens is 2. The summed E-state index contributed by atoms with van der Waals surface area (Å²) in [6.45, 7) is 11.3. The average molecular weight is 568 g/mol. The largest absolute Gasteiger partial charge is 0.494 e. The monoisotopic (exact) mass is 567 g/mol. The van der Waals surface area contributed by atoms with E-state index in [0.717, 1.165) is 30.2 Å². The number of likely N-dealkylation sites (N-methyl/N-ethyl adjacent to an activating group) is 1. The standard InChI is InChI=1S/C29H39ClN7OP/c1-35-15-17-37(18-16-35)21-11-13-36(14-12-21)22-9-10-24(26(19-22)38-2)33-29-31-20-23(30)28(34-29)32-25-7-5-6-8-27(25)39(3)4/h5-10,19-21H,11-18H2,1-4H3,(H2,31,32,33,34). The summed E-state index contributed by atoms with van der Waals surface area (Å²) in [4.78, 5) is 16.7. The van der Waals surface area contributed by atoms with Crippen LogP contribution in [0, 0.1) is 0 Å². The topological polar surface area (TPSA) is 68.8 Å². The minimum Gasteiger partial charge on any atom is -0.494 e. The fraction of sp³-hybridized carbons (Fsp3) is 0.448. The van der Waals surface area contributed by atoms with Crippen LogP contribution < -0.4 is 25.6 Å². The fourth-order valence-electron chi connectivity index (χ4n) is 5.39. The molecule has 2 aromatic carbocycles. The van der Waals surface area contributed by atoms with E-state index in [4.69, 9.17) is 16.3 Å². The number of methoxy groups -OCH3 is 1. The molecule has 0 saturated carbocycles. The molecule has 1 aromatic heterocycles. The quantitative estimate of drug-likeness (QED) is 0.360. The first kappa shape index (κ1) is 27.9. The first-order chi connectivity index (χ1) is 18.9. The second-order valence-corrected chi connectivity index (χ2v) is 13.2. The van der Waals surface area contributed by atoms with Crippen molar-refractivity contribution < 1.29 is 4.74 Å². The van der Waals surface area contributed by atoms with Crippen molar-refractivity contribution in [3.05, 3.63) is 53.7 Å². The highest BCUT2D eigenvalue weighted by Crippen LogP contribution is 2.35. The molecule has 3 heterocycles. The second kappa shape index (κ2) is 12.7. The molecule has 2 aliphatic heterocycles. The molecule has 2 N–H and O–H groups in total. The van der Waals surface area contributed by atoms with Crippen LogP contribution in [-0.4, -0.2) is 92.6 Å². The molecule has 0 amide bonds. The molecule has 0 bridgehead atoms. The number of piperidine rings is 1. The van der Waals surface area contributed by atoms with E-state index in [1.165, 1.54) is 50.0 Å². The summed E-state index contributed by atoms with van der Waals surface area (Å²) in [6, 6.07) is 15.3. The van der Waals surface area contributed by atoms with Crippen molar-refractivity contribution in [3.8, 4) is 5.75 Å². The third-order valence-corrected chi connectivity index (χ3v) is 9.33. The molecule has 0 atom stereocenters. The van der Waals surface area contributed by atoms with Crippen LogP contribution in [0.25, 0.3) is 0 Å². The van der Waals surface area contributed by atoms with E-state index >= 15 is 0 Å². The highest BCUT2D eigenvalue weighted by atomic mass is 35.5. The van der Waals surface area contributed by atoms with Gasteiger partial charge in [-0.25, -0.2) is 4.98 Å². The van der Waals surface area contributed by atoms with E-state index in [-0.39, 0.29) is 7.92 Å². The second-order valence-electron chi connectivity index (χ2n) is 10.5. The van der Waals surface area contributed by atoms with Crippen LogP contribution >= 0.6 is 19.5 Å². The Morgan fingerprint density at radius 2 is 1.69 bits per heavy atom. The third-order valence-electron chi connectivity index (χ3n) is 7.70. The predicted octanol–water partition coefficient (Wildman–Crippen LogP) is 5.21. The number of halogens is 1. The summed E-state index contributed by atoms with van der Waals surface area (Å²) in [5, 5.41) is 8.47. The van der Waals surface area contributed by atoms with Gasteiger partial charge >= 0.3 is 0 Å². The Bertz CT molecular complexity index is 1260. The van der Waals surface area contributed by atoms with Gasteiger partial charge in [-0.05, 0) is 56.7 Å². The minimum absolute atomic E-state index is 0.282. The Hall–Kier alpha value is -2.64. The smallest absolute Gasteiger partial charge is 0.229 e. The van der Waals surface area contributed by atoms with Crippen molar-refractivity contribution >= 4 is 53.7 Å². The van der Waals surface area contributed by atoms with Gasteiger partial charge in [0.2, 0.25) is 5.95 Å². The zero-order chi connectivity index (χ0) is 27.4. The molecule has 39 heavy (non-hydrogen) atoms. The molecule has 208 valence electrons. The van der Waals surface area contributed by atoms with Crippen LogP contribution in [0.4, 0.5) is 28.8 Å². The van der Waals surface area contributed by atoms with Crippen molar-refractivity contribution in [1.82, 2.24) is 19.8 Å². The van der Waals surface area contributed by atoms with Gasteiger partial charge in [0.25, 0.3) is 0 Å². The lowest BCUT2D eigenvalue weighted by molar-refractivity contribution is 0.0982. The van der Waals surface area contributed by atoms with Crippen molar-refractivity contribution in [2.45, 2.75) is 18.9 Å². The summed E-state index contributed by atoms with van der Waals surface area (Å²) < 4.78 is 5.77. The molecule has 2 saturated heterocycles. The van der Waals surface area contributed by atoms with Gasteiger partial charge in [0, 0.05) is 62.8 Å². The zero-order valence-electron chi connectivity index (χ0n) is 23.3. The summed E-state index contributed by atoms with van der Waals surface area (Å²) in [5.41, 5.74) is 3.01. The molecule has 2 aliphatic rings. The van der Waals surface area contributed by atoms with E-state index in [2.05, 4.69) is 86.0 Å². The first-order valence-electron chi connectivity index (χ1n) is 13.6. The van der Waals surface area contributed by atoms with E-state index in [1.807, 2.05) is 12.1 Å². The van der Waals surface area contributed by atoms with Crippen molar-refractivity contribution in [2.24, 2.45) is 0 Å². The van der Waals surface area contributed by atoms with Gasteiger partial charge < -0.3 is 25.2 Å². The molecule has 0 spiro atoms. The number of ether oxygens (including phenoxy) is 1. The van der Waals surface area contributed by atoms with Crippen LogP contribution in [0.15, 0.2) is 48.7 Å². The summed E-state index contributed by atoms with van der Waals surface area (Å²) in [6.07, 6.45) is 4.01. The van der Waals surface area contributed by atoms with Crippen molar-refractivity contribution in [2.75, 3.05) is 82.3 Å². The predicted molar refractivity (Wildman–Crippen MR) is 166 cm³/mol. The Kier molecular flexibility index (Phi) is 9.08. The van der Waals surface area contributed by atoms with Gasteiger partial charge in [0.15, 0.2) is 5.82 Å². The first-order valence-corrected chi connectivity index (χ1v) is 16.2. The van der Waals surface area contributed by atoms with Crippen LogP contribution in [0.5, 0.6) is 5.75 Å². The van der Waals surface area contributed by atoms with Gasteiger partial charge in [0.05, 0.1) is 19.0 Å². The van der Waals surface area contributed by atoms with Crippen molar-refractivity contribution in [3.63, 3.8) is 0 Å². The molecule has 0 unspecified atom stereocenters. The average Bonchev–Trinajstić information content (AvgIpc) is 2.96. The summed E-state index contributed by atoms with van der Waals surface area (Å²) >= 11 is 6.47. The maximum absolute atomic E-state index is 6.47. The summed E-state index contributed by atoms with van der Waals surface area (Å²) in [7, 11) is 3.63. The number of hydrogen-bond donors (Lipinski definition) is 2. The van der Waals surface area contributed by atoms with E-state index in [1.54, 1.807) is 13.3 Å². The molecule has 5 rings (SSSR count). The number of rotatable bonds is 8. The van der Waals surface area contributed by atoms with Crippen LogP contribution in [0.1, 0.15) is 12.8 Å². The van der Waals surface area contributed by atoms with E-state index < -0.39 is 0 Å². The van der Waals surface area contributed by atoms with Crippen LogP contribution in [0.3, 0.4) is 0 Å². The fourth-order valence-corrected chi connectivity index (χ4v) is 6.52. The lowest BCUT2D eigenvalue weighted by Crippen LogP contribution is -2.52. The van der Waals surface area contributed by atoms with Gasteiger partial charge in [-0.1, -0.05) is 37.7 Å². The SMILES string of the molecule is COc1cc(N2CCC(N3CCN(C)CC3)CC2)ccc1Nc1ncc(Cl)c(Nc2ccccc2P(C)C)n1. The molecule has 8 nitrogen and oxygen atoms in total. The molecule has 10 heteroatoms. The summed E-state index contributed by atoms with van der Waals surface area (Å²) in [5.74, 6) is 1.78. The molecular weight excluding hydrogens is 529 g/mol. The normalized spacial score (nSPS) is 17.4. The van der Waals surface area contributed by atoms with Gasteiger partial charge in [-0.2, -0.15) is 4.98 Å². The number of hydrogen-bond acceptors (Lipinski definition) is 8. The maximum atomic E-state index is 6.47. The highest BCUT2D eigenvalue weighted by Gasteiger charge is 2.27. The Labute approximate surface area is 238 Å². The number of anilines is 5. The molecule has 0 radical (unpaired) electrons. The van der Waals surface area contributed by atoms with Crippen molar-refractivity contribution in [1.29, 1.82) is 0 Å². The van der Waals surface area contributed by atoms with Gasteiger partial charge in [-0.3, -0.25) is 4.90 Å². The van der Waals surface area contributed by atoms with Gasteiger partial charge in [0.1, 0.15) is 10.8 Å². The van der Waals surface area contributed by atoms with E-state index in [9.17, 15) is 0 Å². The molecule has 0 aliphatic carbocycles. The Balaban J connectivity index is 1.26. The Morgan fingerprint density at radius 1 is 0.949 bits per heavy atom. The molecular formula is C29H39ClN7OP. The number of benzene rings is 2. The molecule has 3 aromatic rings. The molecule has 2 fully saturated rings. The third kappa shape index (κ3) is 6.75. The Morgan fingerprint density at radius 3 is 2.41 bits per heavy atom. The maximum Gasteiger partial charge on any atom is 0.229 e. The number of para-hydroxylation sites is 1.